The fourth-order valence-electron chi connectivity index (χ4n) is 1.94. The van der Waals surface area contributed by atoms with Crippen molar-refractivity contribution in [1.82, 2.24) is 5.32 Å². The van der Waals surface area contributed by atoms with Crippen LogP contribution in [0.25, 0.3) is 11.1 Å². The van der Waals surface area contributed by atoms with E-state index in [4.69, 9.17) is 0 Å². The molecule has 0 spiro atoms. The summed E-state index contributed by atoms with van der Waals surface area (Å²) in [6.45, 7) is 3.88. The smallest absolute Gasteiger partial charge is 0.131 e. The molecule has 0 aliphatic rings. The van der Waals surface area contributed by atoms with E-state index in [1.807, 2.05) is 36.4 Å². The average Bonchev–Trinajstić information content (AvgIpc) is 2.42. The van der Waals surface area contributed by atoms with Crippen LogP contribution in [0.15, 0.2) is 46.9 Å². The van der Waals surface area contributed by atoms with Crippen LogP contribution in [-0.4, -0.2) is 6.54 Å². The van der Waals surface area contributed by atoms with E-state index in [9.17, 15) is 4.39 Å². The van der Waals surface area contributed by atoms with Crippen LogP contribution < -0.4 is 5.32 Å². The molecule has 3 heteroatoms. The molecule has 0 saturated carbocycles. The summed E-state index contributed by atoms with van der Waals surface area (Å²) in [5, 5.41) is 3.33. The fraction of sp³-hybridized carbons (Fsp3) is 0.250. The molecule has 0 aliphatic carbocycles. The van der Waals surface area contributed by atoms with E-state index in [2.05, 4.69) is 28.2 Å². The first-order valence-corrected chi connectivity index (χ1v) is 7.25. The second-order valence-electron chi connectivity index (χ2n) is 4.50. The molecule has 2 rings (SSSR count). The van der Waals surface area contributed by atoms with Gasteiger partial charge >= 0.3 is 0 Å². The third-order valence-corrected chi connectivity index (χ3v) is 3.47. The van der Waals surface area contributed by atoms with Crippen molar-refractivity contribution in [3.8, 4) is 11.1 Å². The van der Waals surface area contributed by atoms with Gasteiger partial charge in [0.05, 0.1) is 0 Å². The standard InChI is InChI=1S/C16H17BrFN/c1-2-9-19-11-12-3-8-16(18)15(10-12)13-4-6-14(17)7-5-13/h3-8,10,19H,2,9,11H2,1H3. The van der Waals surface area contributed by atoms with Gasteiger partial charge in [-0.1, -0.05) is 41.1 Å². The number of nitrogens with one attached hydrogen (secondary N) is 1. The van der Waals surface area contributed by atoms with Crippen molar-refractivity contribution < 1.29 is 4.39 Å². The molecule has 0 heterocycles. The quantitative estimate of drug-likeness (QED) is 0.783. The van der Waals surface area contributed by atoms with Gasteiger partial charge in [-0.3, -0.25) is 0 Å². The lowest BCUT2D eigenvalue weighted by Crippen LogP contribution is -2.13. The van der Waals surface area contributed by atoms with Gasteiger partial charge in [-0.2, -0.15) is 0 Å². The van der Waals surface area contributed by atoms with Gasteiger partial charge in [0.2, 0.25) is 0 Å². The monoisotopic (exact) mass is 321 g/mol. The van der Waals surface area contributed by atoms with E-state index in [0.717, 1.165) is 35.1 Å². The molecular weight excluding hydrogens is 305 g/mol. The first kappa shape index (κ1) is 14.2. The van der Waals surface area contributed by atoms with Crippen molar-refractivity contribution in [1.29, 1.82) is 0 Å². The molecule has 1 nitrogen and oxygen atoms in total. The summed E-state index contributed by atoms with van der Waals surface area (Å²) in [7, 11) is 0. The Bertz CT molecular complexity index is 537. The summed E-state index contributed by atoms with van der Waals surface area (Å²) in [5.41, 5.74) is 2.66. The van der Waals surface area contributed by atoms with Gasteiger partial charge in [-0.05, 0) is 48.4 Å². The van der Waals surface area contributed by atoms with Crippen LogP contribution in [0.2, 0.25) is 0 Å². The molecule has 1 N–H and O–H groups in total. The van der Waals surface area contributed by atoms with Crippen molar-refractivity contribution in [2.24, 2.45) is 0 Å². The molecule has 2 aromatic rings. The first-order chi connectivity index (χ1) is 9.20. The third-order valence-electron chi connectivity index (χ3n) is 2.94. The Balaban J connectivity index is 2.24. The Kier molecular flexibility index (Phi) is 5.11. The molecule has 0 amide bonds. The van der Waals surface area contributed by atoms with Gasteiger partial charge in [0.25, 0.3) is 0 Å². The number of rotatable bonds is 5. The second-order valence-corrected chi connectivity index (χ2v) is 5.41. The summed E-state index contributed by atoms with van der Waals surface area (Å²) in [6, 6.07) is 13.0. The lowest BCUT2D eigenvalue weighted by atomic mass is 10.0. The normalized spacial score (nSPS) is 10.7. The van der Waals surface area contributed by atoms with Crippen molar-refractivity contribution >= 4 is 15.9 Å². The van der Waals surface area contributed by atoms with Crippen LogP contribution in [0, 0.1) is 5.82 Å². The first-order valence-electron chi connectivity index (χ1n) is 6.46. The third kappa shape index (κ3) is 3.88. The van der Waals surface area contributed by atoms with Crippen molar-refractivity contribution in [3.63, 3.8) is 0 Å². The van der Waals surface area contributed by atoms with Crippen LogP contribution in [0.1, 0.15) is 18.9 Å². The van der Waals surface area contributed by atoms with Gasteiger partial charge in [0, 0.05) is 16.6 Å². The highest BCUT2D eigenvalue weighted by molar-refractivity contribution is 9.10. The predicted octanol–water partition coefficient (Wildman–Crippen LogP) is 4.75. The number of hydrogen-bond acceptors (Lipinski definition) is 1. The minimum atomic E-state index is -0.179. The Hall–Kier alpha value is -1.19. The number of halogens is 2. The highest BCUT2D eigenvalue weighted by Crippen LogP contribution is 2.25. The van der Waals surface area contributed by atoms with Gasteiger partial charge in [0.15, 0.2) is 0 Å². The molecule has 100 valence electrons. The maximum absolute atomic E-state index is 13.9. The summed E-state index contributed by atoms with van der Waals surface area (Å²) in [4.78, 5) is 0. The van der Waals surface area contributed by atoms with Crippen LogP contribution >= 0.6 is 15.9 Å². The Morgan fingerprint density at radius 3 is 2.53 bits per heavy atom. The lowest BCUT2D eigenvalue weighted by molar-refractivity contribution is 0.628. The molecule has 19 heavy (non-hydrogen) atoms. The van der Waals surface area contributed by atoms with E-state index >= 15 is 0 Å². The number of hydrogen-bond donors (Lipinski definition) is 1. The van der Waals surface area contributed by atoms with E-state index in [1.54, 1.807) is 6.07 Å². The second kappa shape index (κ2) is 6.83. The van der Waals surface area contributed by atoms with E-state index in [-0.39, 0.29) is 5.82 Å². The summed E-state index contributed by atoms with van der Waals surface area (Å²) in [6.07, 6.45) is 1.10. The molecule has 0 unspecified atom stereocenters. The highest BCUT2D eigenvalue weighted by atomic mass is 79.9. The largest absolute Gasteiger partial charge is 0.313 e. The highest BCUT2D eigenvalue weighted by Gasteiger charge is 2.06. The molecular formula is C16H17BrFN. The zero-order chi connectivity index (χ0) is 13.7. The van der Waals surface area contributed by atoms with Gasteiger partial charge < -0.3 is 5.32 Å². The average molecular weight is 322 g/mol. The lowest BCUT2D eigenvalue weighted by Gasteiger charge is -2.08. The maximum Gasteiger partial charge on any atom is 0.131 e. The van der Waals surface area contributed by atoms with Crippen LogP contribution in [0.5, 0.6) is 0 Å². The van der Waals surface area contributed by atoms with E-state index in [0.29, 0.717) is 5.56 Å². The van der Waals surface area contributed by atoms with E-state index < -0.39 is 0 Å². The van der Waals surface area contributed by atoms with Gasteiger partial charge in [-0.15, -0.1) is 0 Å². The molecule has 0 radical (unpaired) electrons. The van der Waals surface area contributed by atoms with Crippen LogP contribution in [0.3, 0.4) is 0 Å². The minimum absolute atomic E-state index is 0.179. The number of benzene rings is 2. The predicted molar refractivity (Wildman–Crippen MR) is 81.5 cm³/mol. The summed E-state index contributed by atoms with van der Waals surface area (Å²) in [5.74, 6) is -0.179. The molecule has 0 fully saturated rings. The topological polar surface area (TPSA) is 12.0 Å². The molecule has 0 bridgehead atoms. The maximum atomic E-state index is 13.9. The van der Waals surface area contributed by atoms with Gasteiger partial charge in [0.1, 0.15) is 5.82 Å². The minimum Gasteiger partial charge on any atom is -0.313 e. The zero-order valence-electron chi connectivity index (χ0n) is 10.9. The zero-order valence-corrected chi connectivity index (χ0v) is 12.5. The molecule has 0 atom stereocenters. The molecule has 0 aliphatic heterocycles. The molecule has 0 aromatic heterocycles. The van der Waals surface area contributed by atoms with Crippen molar-refractivity contribution in [2.45, 2.75) is 19.9 Å². The van der Waals surface area contributed by atoms with Gasteiger partial charge in [-0.25, -0.2) is 4.39 Å². The molecule has 2 aromatic carbocycles. The SMILES string of the molecule is CCCNCc1ccc(F)c(-c2ccc(Br)cc2)c1. The van der Waals surface area contributed by atoms with Crippen LogP contribution in [-0.2, 0) is 6.54 Å². The van der Waals surface area contributed by atoms with Crippen molar-refractivity contribution in [2.75, 3.05) is 6.54 Å². The van der Waals surface area contributed by atoms with Crippen molar-refractivity contribution in [3.05, 3.63) is 58.3 Å². The Labute approximate surface area is 122 Å². The Morgan fingerprint density at radius 2 is 1.84 bits per heavy atom. The van der Waals surface area contributed by atoms with Crippen LogP contribution in [0.4, 0.5) is 4.39 Å². The molecule has 0 saturated heterocycles. The summed E-state index contributed by atoms with van der Waals surface area (Å²) >= 11 is 3.39. The Morgan fingerprint density at radius 1 is 1.11 bits per heavy atom. The fourth-order valence-corrected chi connectivity index (χ4v) is 2.21. The van der Waals surface area contributed by atoms with E-state index in [1.165, 1.54) is 0 Å². The summed E-state index contributed by atoms with van der Waals surface area (Å²) < 4.78 is 14.9.